The molecule has 2 aromatic heterocycles. The third kappa shape index (κ3) is 10.3. The second-order valence-corrected chi connectivity index (χ2v) is 19.0. The Hall–Kier alpha value is -6.07. The minimum Gasteiger partial charge on any atom is -0.464 e. The van der Waals surface area contributed by atoms with Crippen molar-refractivity contribution in [3.05, 3.63) is 90.3 Å². The van der Waals surface area contributed by atoms with Crippen molar-refractivity contribution in [1.82, 2.24) is 35.1 Å². The molecule has 7 rings (SSSR count). The number of fused-ring (bicyclic) bond motifs is 6. The Kier molecular flexibility index (Phi) is 14.8. The fourth-order valence-corrected chi connectivity index (χ4v) is 9.88. The number of amides is 4. The molecule has 0 radical (unpaired) electrons. The molecular formula is C51H62F3N7O7. The largest absolute Gasteiger partial charge is 0.464 e. The minimum absolute atomic E-state index is 0.0408. The van der Waals surface area contributed by atoms with Crippen LogP contribution in [0.5, 0.6) is 0 Å². The quantitative estimate of drug-likeness (QED) is 0.129. The summed E-state index contributed by atoms with van der Waals surface area (Å²) in [4.78, 5) is 76.1. The highest BCUT2D eigenvalue weighted by Crippen LogP contribution is 2.42. The average molecular weight is 942 g/mol. The molecule has 68 heavy (non-hydrogen) atoms. The molecule has 6 atom stereocenters. The first kappa shape index (κ1) is 49.8. The van der Waals surface area contributed by atoms with E-state index in [-0.39, 0.29) is 45.2 Å². The second-order valence-electron chi connectivity index (χ2n) is 19.0. The first-order chi connectivity index (χ1) is 32.3. The van der Waals surface area contributed by atoms with Crippen LogP contribution in [-0.2, 0) is 52.8 Å². The Morgan fingerprint density at radius 2 is 1.82 bits per heavy atom. The van der Waals surface area contributed by atoms with Gasteiger partial charge in [0.25, 0.3) is 5.91 Å². The van der Waals surface area contributed by atoms with Crippen molar-refractivity contribution in [2.75, 3.05) is 40.4 Å². The number of alkyl halides is 3. The zero-order valence-electron chi connectivity index (χ0n) is 39.8. The highest BCUT2D eigenvalue weighted by atomic mass is 19.4. The van der Waals surface area contributed by atoms with Crippen molar-refractivity contribution < 1.29 is 46.6 Å². The van der Waals surface area contributed by atoms with Crippen LogP contribution in [0.15, 0.2) is 73.4 Å². The lowest BCUT2D eigenvalue weighted by atomic mass is 9.84. The van der Waals surface area contributed by atoms with Crippen molar-refractivity contribution in [1.29, 1.82) is 0 Å². The number of rotatable bonds is 10. The predicted octanol–water partition coefficient (Wildman–Crippen LogP) is 6.81. The summed E-state index contributed by atoms with van der Waals surface area (Å²) < 4.78 is 58.0. The van der Waals surface area contributed by atoms with Crippen LogP contribution in [0.25, 0.3) is 33.3 Å². The van der Waals surface area contributed by atoms with Crippen LogP contribution < -0.4 is 10.7 Å². The number of aromatic nitrogens is 2. The lowest BCUT2D eigenvalue weighted by Crippen LogP contribution is -2.63. The average Bonchev–Trinajstić information content (AvgIpc) is 3.94. The Morgan fingerprint density at radius 1 is 1.07 bits per heavy atom. The van der Waals surface area contributed by atoms with Gasteiger partial charge < -0.3 is 29.2 Å². The maximum Gasteiger partial charge on any atom is 0.394 e. The third-order valence-corrected chi connectivity index (χ3v) is 13.7. The number of aryl methyl sites for hydroxylation is 1. The molecule has 1 unspecified atom stereocenters. The van der Waals surface area contributed by atoms with Crippen molar-refractivity contribution >= 4 is 40.5 Å². The monoisotopic (exact) mass is 941 g/mol. The van der Waals surface area contributed by atoms with Crippen molar-refractivity contribution in [3.8, 4) is 22.4 Å². The van der Waals surface area contributed by atoms with Crippen LogP contribution in [0.1, 0.15) is 76.8 Å². The number of likely N-dealkylation sites (tertiary alicyclic amines) is 1. The number of ether oxygens (including phenoxy) is 2. The van der Waals surface area contributed by atoms with E-state index in [0.29, 0.717) is 31.4 Å². The van der Waals surface area contributed by atoms with Gasteiger partial charge in [-0.05, 0) is 92.1 Å². The standard InChI is InChI=1S/C51H62F3N7O7/c1-9-42(62)59-23-20-35(28-59)47(64)58(7)44(30(3)51(52,53)54)46(63)56-40-25-32-14-11-15-33(24-32)34-18-19-41-37(26-34)38(45(60(41)10-2)36-16-12-21-55-43(36)31(4)67-8)27-50(5,6)29-68-49(66)39-17-13-22-61(57-39)48(40)65/h9,11-12,14-16,18-19,21,24,26,30-31,35,39-40,44,57H,1,10,13,17,20,22-23,25,27-29H2,2-8H3,(H,56,63)/t30-,31-,35-,39-,40-,44?/m0/s1. The van der Waals surface area contributed by atoms with Gasteiger partial charge in [0.2, 0.25) is 17.7 Å². The molecule has 364 valence electrons. The van der Waals surface area contributed by atoms with Gasteiger partial charge in [-0.1, -0.05) is 57.7 Å². The summed E-state index contributed by atoms with van der Waals surface area (Å²) >= 11 is 0. The van der Waals surface area contributed by atoms with E-state index >= 15 is 0 Å². The SMILES string of the molecule is C=CC(=O)N1CC[C@H](C(=O)N(C)C(C(=O)N[C@H]2Cc3cccc(c3)-c3ccc4c(c3)c(c(-c3cccnc3[C@H](C)OC)n4CC)CC(C)(C)COC(=O)[C@@H]3CCCN(N3)C2=O)[C@H](C)C(F)(F)F)C1. The molecule has 2 aromatic carbocycles. The molecule has 3 aliphatic rings. The fourth-order valence-electron chi connectivity index (χ4n) is 9.88. The smallest absolute Gasteiger partial charge is 0.394 e. The van der Waals surface area contributed by atoms with Gasteiger partial charge >= 0.3 is 12.1 Å². The van der Waals surface area contributed by atoms with Gasteiger partial charge in [-0.15, -0.1) is 0 Å². The minimum atomic E-state index is -4.91. The number of benzene rings is 2. The Morgan fingerprint density at radius 3 is 2.53 bits per heavy atom. The van der Waals surface area contributed by atoms with Crippen molar-refractivity contribution in [2.45, 2.75) is 104 Å². The van der Waals surface area contributed by atoms with Crippen molar-refractivity contribution in [2.24, 2.45) is 17.3 Å². The van der Waals surface area contributed by atoms with Crippen LogP contribution >= 0.6 is 0 Å². The van der Waals surface area contributed by atoms with E-state index in [1.54, 1.807) is 19.4 Å². The number of hydrogen-bond acceptors (Lipinski definition) is 9. The summed E-state index contributed by atoms with van der Waals surface area (Å²) in [6.45, 7) is 13.4. The highest BCUT2D eigenvalue weighted by Gasteiger charge is 2.49. The summed E-state index contributed by atoms with van der Waals surface area (Å²) in [6.07, 6.45) is -1.06. The third-order valence-electron chi connectivity index (χ3n) is 13.7. The number of carbonyl (C=O) groups excluding carboxylic acids is 5. The Balaban J connectivity index is 1.31. The summed E-state index contributed by atoms with van der Waals surface area (Å²) in [7, 11) is 2.79. The van der Waals surface area contributed by atoms with E-state index in [1.807, 2.05) is 57.2 Å². The van der Waals surface area contributed by atoms with E-state index in [9.17, 15) is 37.1 Å². The van der Waals surface area contributed by atoms with Gasteiger partial charge in [0.05, 0.1) is 35.9 Å². The molecule has 2 N–H and O–H groups in total. The zero-order valence-corrected chi connectivity index (χ0v) is 39.8. The van der Waals surface area contributed by atoms with Gasteiger partial charge in [0.1, 0.15) is 18.1 Å². The molecule has 0 aliphatic carbocycles. The lowest BCUT2D eigenvalue weighted by molar-refractivity contribution is -0.190. The Labute approximate surface area is 395 Å². The summed E-state index contributed by atoms with van der Waals surface area (Å²) in [5.41, 5.74) is 9.37. The van der Waals surface area contributed by atoms with Crippen LogP contribution in [0.2, 0.25) is 0 Å². The number of hydrogen-bond donors (Lipinski definition) is 2. The molecule has 2 fully saturated rings. The number of likely N-dealkylation sites (N-methyl/N-ethyl adjacent to an activating group) is 1. The molecule has 5 heterocycles. The molecule has 3 aliphatic heterocycles. The first-order valence-corrected chi connectivity index (χ1v) is 23.3. The number of nitrogens with one attached hydrogen (secondary N) is 2. The molecule has 17 heteroatoms. The van der Waals surface area contributed by atoms with Crippen LogP contribution in [0, 0.1) is 17.3 Å². The molecule has 14 nitrogen and oxygen atoms in total. The van der Waals surface area contributed by atoms with Gasteiger partial charge in [-0.25, -0.2) is 5.43 Å². The molecule has 0 spiro atoms. The van der Waals surface area contributed by atoms with E-state index < -0.39 is 71.2 Å². The van der Waals surface area contributed by atoms with Gasteiger partial charge in [-0.3, -0.25) is 34.0 Å². The number of methoxy groups -OCH3 is 1. The summed E-state index contributed by atoms with van der Waals surface area (Å²) in [6, 6.07) is 13.2. The van der Waals surface area contributed by atoms with E-state index in [0.717, 1.165) is 69.5 Å². The number of nitrogens with zero attached hydrogens (tertiary/aromatic N) is 5. The van der Waals surface area contributed by atoms with Crippen LogP contribution in [-0.4, -0.2) is 119 Å². The van der Waals surface area contributed by atoms with E-state index in [2.05, 4.69) is 40.9 Å². The number of carbonyl (C=O) groups is 5. The number of pyridine rings is 1. The van der Waals surface area contributed by atoms with Crippen LogP contribution in [0.4, 0.5) is 13.2 Å². The van der Waals surface area contributed by atoms with Crippen LogP contribution in [0.3, 0.4) is 0 Å². The molecule has 4 aromatic rings. The maximum atomic E-state index is 14.7. The number of esters is 1. The fraction of sp³-hybridized carbons (Fsp3) is 0.490. The molecule has 4 amide bonds. The Bertz CT molecular complexity index is 2580. The van der Waals surface area contributed by atoms with E-state index in [4.69, 9.17) is 14.5 Å². The number of hydrazine groups is 1. The normalized spacial score (nSPS) is 21.4. The summed E-state index contributed by atoms with van der Waals surface area (Å²) in [5.74, 6) is -6.78. The topological polar surface area (TPSA) is 155 Å². The lowest BCUT2D eigenvalue weighted by Gasteiger charge is -2.37. The van der Waals surface area contributed by atoms with Gasteiger partial charge in [0, 0.05) is 74.8 Å². The molecule has 6 bridgehead atoms. The second kappa shape index (κ2) is 20.3. The number of cyclic esters (lactones) is 1. The molecule has 2 saturated heterocycles. The van der Waals surface area contributed by atoms with E-state index in [1.165, 1.54) is 9.91 Å². The summed E-state index contributed by atoms with van der Waals surface area (Å²) in [5, 5.41) is 4.84. The van der Waals surface area contributed by atoms with Gasteiger partial charge in [-0.2, -0.15) is 13.2 Å². The maximum absolute atomic E-state index is 14.7. The first-order valence-electron chi connectivity index (χ1n) is 23.3. The van der Waals surface area contributed by atoms with Gasteiger partial charge in [0.15, 0.2) is 0 Å². The predicted molar refractivity (Wildman–Crippen MR) is 250 cm³/mol. The molecular weight excluding hydrogens is 880 g/mol. The van der Waals surface area contributed by atoms with Crippen molar-refractivity contribution in [3.63, 3.8) is 0 Å². The molecule has 0 saturated carbocycles. The number of halogens is 3. The zero-order chi connectivity index (χ0) is 49.2. The highest BCUT2D eigenvalue weighted by molar-refractivity contribution is 5.96.